The third kappa shape index (κ3) is 4.77. The second-order valence-corrected chi connectivity index (χ2v) is 6.79. The highest BCUT2D eigenvalue weighted by Crippen LogP contribution is 2.30. The standard InChI is InChI=1S/C14H13N5O2S2/c15-14(21)11-5-4-10(9-12(11)20)19(18-16)7-8-22-23-13-3-1-2-6-17-13/h1-6,9H,7-8H2,(H2-,15,20,21)/p+1. The minimum Gasteiger partial charge on any atom is -0.507 e. The second kappa shape index (κ2) is 8.26. The summed E-state index contributed by atoms with van der Waals surface area (Å²) < 4.78 is 0. The number of aromatic hydroxyl groups is 1. The normalized spacial score (nSPS) is 10.0. The van der Waals surface area contributed by atoms with E-state index in [1.54, 1.807) is 23.1 Å². The van der Waals surface area contributed by atoms with Gasteiger partial charge in [0.15, 0.2) is 0 Å². The Morgan fingerprint density at radius 3 is 2.83 bits per heavy atom. The number of nitrogens with zero attached hydrogens (tertiary/aromatic N) is 4. The fourth-order valence-corrected chi connectivity index (χ4v) is 3.56. The van der Waals surface area contributed by atoms with Crippen molar-refractivity contribution in [3.05, 3.63) is 53.2 Å². The molecule has 0 radical (unpaired) electrons. The van der Waals surface area contributed by atoms with E-state index in [1.165, 1.54) is 27.9 Å². The number of primary amides is 1. The lowest BCUT2D eigenvalue weighted by molar-refractivity contribution is 0.0998. The van der Waals surface area contributed by atoms with Crippen LogP contribution in [0.5, 0.6) is 5.75 Å². The van der Waals surface area contributed by atoms with Crippen molar-refractivity contribution in [1.82, 2.24) is 4.98 Å². The van der Waals surface area contributed by atoms with Gasteiger partial charge in [-0.1, -0.05) is 16.9 Å². The van der Waals surface area contributed by atoms with Gasteiger partial charge in [-0.15, -0.1) is 0 Å². The molecule has 0 unspecified atom stereocenters. The molecule has 0 saturated carbocycles. The number of phenols is 1. The molecule has 2 rings (SSSR count). The predicted octanol–water partition coefficient (Wildman–Crippen LogP) is 2.90. The summed E-state index contributed by atoms with van der Waals surface area (Å²) in [7, 11) is 3.08. The molecule has 0 aliphatic rings. The molecule has 0 bridgehead atoms. The van der Waals surface area contributed by atoms with Crippen molar-refractivity contribution in [1.29, 1.82) is 5.39 Å². The Hall–Kier alpha value is -2.44. The zero-order chi connectivity index (χ0) is 16.7. The van der Waals surface area contributed by atoms with Crippen LogP contribution in [0.3, 0.4) is 0 Å². The van der Waals surface area contributed by atoms with Crippen molar-refractivity contribution in [2.24, 2.45) is 5.73 Å². The first-order valence-electron chi connectivity index (χ1n) is 6.57. The third-order valence-electron chi connectivity index (χ3n) is 2.82. The molecule has 9 heteroatoms. The maximum absolute atomic E-state index is 11.1. The monoisotopic (exact) mass is 348 g/mol. The van der Waals surface area contributed by atoms with Gasteiger partial charge in [0, 0.05) is 23.0 Å². The molecule has 1 amide bonds. The van der Waals surface area contributed by atoms with Crippen molar-refractivity contribution in [3.63, 3.8) is 0 Å². The van der Waals surface area contributed by atoms with Gasteiger partial charge in [-0.2, -0.15) is 0 Å². The molecular formula is C14H14N5O2S2+. The van der Waals surface area contributed by atoms with Crippen molar-refractivity contribution in [2.75, 3.05) is 17.3 Å². The van der Waals surface area contributed by atoms with Gasteiger partial charge in [0.1, 0.15) is 23.0 Å². The van der Waals surface area contributed by atoms with Crippen LogP contribution in [0.25, 0.3) is 5.08 Å². The molecule has 0 atom stereocenters. The van der Waals surface area contributed by atoms with Crippen LogP contribution in [0.15, 0.2) is 47.6 Å². The summed E-state index contributed by atoms with van der Waals surface area (Å²) in [5.41, 5.74) is 5.61. The summed E-state index contributed by atoms with van der Waals surface area (Å²) in [6.07, 6.45) is 1.72. The number of diazo groups is 1. The first-order chi connectivity index (χ1) is 11.1. The molecule has 0 fully saturated rings. The number of hydrogen-bond donors (Lipinski definition) is 2. The first kappa shape index (κ1) is 16.9. The van der Waals surface area contributed by atoms with E-state index in [1.807, 2.05) is 18.2 Å². The van der Waals surface area contributed by atoms with Gasteiger partial charge in [-0.25, -0.2) is 4.98 Å². The maximum atomic E-state index is 11.1. The van der Waals surface area contributed by atoms with Crippen LogP contribution in [-0.2, 0) is 0 Å². The van der Waals surface area contributed by atoms with E-state index in [-0.39, 0.29) is 11.3 Å². The Kier molecular flexibility index (Phi) is 6.08. The number of aromatic nitrogens is 1. The topological polar surface area (TPSA) is 108 Å². The molecular weight excluding hydrogens is 334 g/mol. The van der Waals surface area contributed by atoms with Crippen LogP contribution in [0.4, 0.5) is 5.69 Å². The van der Waals surface area contributed by atoms with Crippen molar-refractivity contribution in [3.8, 4) is 5.75 Å². The molecule has 118 valence electrons. The second-order valence-electron chi connectivity index (χ2n) is 4.35. The number of carbonyl (C=O) groups excluding carboxylic acids is 1. The SMILES string of the molecule is N#[N+]N(CCSSc1ccccn1)c1ccc(C(N)=O)c(O)c1. The molecule has 3 N–H and O–H groups in total. The predicted molar refractivity (Wildman–Crippen MR) is 91.6 cm³/mol. The molecule has 0 aliphatic carbocycles. The van der Waals surface area contributed by atoms with E-state index in [2.05, 4.69) is 10.1 Å². The molecule has 7 nitrogen and oxygen atoms in total. The Bertz CT molecular complexity index is 721. The van der Waals surface area contributed by atoms with Gasteiger partial charge in [-0.05, 0) is 35.1 Å². The average molecular weight is 348 g/mol. The van der Waals surface area contributed by atoms with Crippen molar-refractivity contribution in [2.45, 2.75) is 5.03 Å². The summed E-state index contributed by atoms with van der Waals surface area (Å²) in [5, 5.41) is 24.3. The maximum Gasteiger partial charge on any atom is 0.310 e. The quantitative estimate of drug-likeness (QED) is 0.343. The molecule has 1 aromatic heterocycles. The lowest BCUT2D eigenvalue weighted by atomic mass is 10.1. The summed E-state index contributed by atoms with van der Waals surface area (Å²) >= 11 is 0. The van der Waals surface area contributed by atoms with Crippen molar-refractivity contribution < 1.29 is 9.90 Å². The summed E-state index contributed by atoms with van der Waals surface area (Å²) in [6.45, 7) is 0.413. The summed E-state index contributed by atoms with van der Waals surface area (Å²) in [6, 6.07) is 9.94. The van der Waals surface area contributed by atoms with E-state index in [0.29, 0.717) is 18.0 Å². The van der Waals surface area contributed by atoms with Crippen LogP contribution in [0, 0.1) is 5.39 Å². The summed E-state index contributed by atoms with van der Waals surface area (Å²) in [5.74, 6) is -0.313. The first-order valence-corrected chi connectivity index (χ1v) is 8.89. The van der Waals surface area contributed by atoms with Gasteiger partial charge in [0.25, 0.3) is 11.3 Å². The molecule has 0 saturated heterocycles. The molecule has 2 aromatic rings. The number of amides is 1. The van der Waals surface area contributed by atoms with E-state index in [0.717, 1.165) is 5.03 Å². The minimum absolute atomic E-state index is 0.0201. The number of pyridine rings is 1. The Labute approximate surface area is 140 Å². The van der Waals surface area contributed by atoms with Crippen molar-refractivity contribution >= 4 is 33.2 Å². The molecule has 23 heavy (non-hydrogen) atoms. The smallest absolute Gasteiger partial charge is 0.310 e. The highest BCUT2D eigenvalue weighted by molar-refractivity contribution is 8.76. The average Bonchev–Trinajstić information content (AvgIpc) is 2.55. The van der Waals surface area contributed by atoms with Gasteiger partial charge in [0.2, 0.25) is 0 Å². The minimum atomic E-state index is -0.719. The Morgan fingerprint density at radius 1 is 1.39 bits per heavy atom. The molecule has 1 aromatic carbocycles. The lowest BCUT2D eigenvalue weighted by Gasteiger charge is -2.06. The summed E-state index contributed by atoms with van der Waals surface area (Å²) in [4.78, 5) is 15.3. The number of anilines is 1. The van der Waals surface area contributed by atoms with Crippen LogP contribution >= 0.6 is 21.6 Å². The van der Waals surface area contributed by atoms with E-state index < -0.39 is 5.91 Å². The van der Waals surface area contributed by atoms with E-state index in [4.69, 9.17) is 11.1 Å². The number of benzene rings is 1. The lowest BCUT2D eigenvalue weighted by Crippen LogP contribution is -2.17. The van der Waals surface area contributed by atoms with Gasteiger partial charge >= 0.3 is 5.08 Å². The molecule has 0 spiro atoms. The van der Waals surface area contributed by atoms with E-state index in [9.17, 15) is 9.90 Å². The highest BCUT2D eigenvalue weighted by atomic mass is 33.1. The van der Waals surface area contributed by atoms with Crippen LogP contribution in [0.1, 0.15) is 10.4 Å². The number of hydrogen-bond acceptors (Lipinski definition) is 7. The fourth-order valence-electron chi connectivity index (χ4n) is 1.74. The highest BCUT2D eigenvalue weighted by Gasteiger charge is 2.19. The third-order valence-corrected chi connectivity index (χ3v) is 5.07. The van der Waals surface area contributed by atoms with Gasteiger partial charge < -0.3 is 10.8 Å². The number of nitrogens with two attached hydrogens (primary N) is 1. The Balaban J connectivity index is 1.91. The van der Waals surface area contributed by atoms with Crippen LogP contribution < -0.4 is 10.7 Å². The van der Waals surface area contributed by atoms with Gasteiger partial charge in [-0.3, -0.25) is 4.79 Å². The van der Waals surface area contributed by atoms with Crippen LogP contribution in [0.2, 0.25) is 0 Å². The zero-order valence-corrected chi connectivity index (χ0v) is 13.6. The molecule has 0 aliphatic heterocycles. The van der Waals surface area contributed by atoms with Crippen LogP contribution in [-0.4, -0.2) is 28.3 Å². The fraction of sp³-hybridized carbons (Fsp3) is 0.143. The Morgan fingerprint density at radius 2 is 2.22 bits per heavy atom. The largest absolute Gasteiger partial charge is 0.507 e. The molecule has 1 heterocycles. The number of carbonyl (C=O) groups is 1. The van der Waals surface area contributed by atoms with Gasteiger partial charge in [0.05, 0.1) is 5.56 Å². The van der Waals surface area contributed by atoms with E-state index >= 15 is 0 Å². The number of rotatable bonds is 7. The zero-order valence-electron chi connectivity index (χ0n) is 12.0.